The molecule has 0 saturated heterocycles. The van der Waals surface area contributed by atoms with Gasteiger partial charge in [-0.3, -0.25) is 9.69 Å². The van der Waals surface area contributed by atoms with Crippen molar-refractivity contribution >= 4 is 29.3 Å². The lowest BCUT2D eigenvalue weighted by molar-refractivity contribution is -0.140. The van der Waals surface area contributed by atoms with Crippen LogP contribution in [0.25, 0.3) is 0 Å². The van der Waals surface area contributed by atoms with Gasteiger partial charge in [0, 0.05) is 6.42 Å². The first kappa shape index (κ1) is 18.0. The topological polar surface area (TPSA) is 107 Å². The third kappa shape index (κ3) is 5.07. The van der Waals surface area contributed by atoms with Gasteiger partial charge in [-0.2, -0.15) is 0 Å². The maximum Gasteiger partial charge on any atom is 0.327 e. The highest BCUT2D eigenvalue weighted by Gasteiger charge is 2.25. The Hall–Kier alpha value is -3.35. The van der Waals surface area contributed by atoms with Crippen LogP contribution >= 0.6 is 0 Å². The van der Waals surface area contributed by atoms with E-state index in [0.29, 0.717) is 11.4 Å². The fourth-order valence-corrected chi connectivity index (χ4v) is 2.28. The van der Waals surface area contributed by atoms with E-state index in [4.69, 9.17) is 5.11 Å². The van der Waals surface area contributed by atoms with Gasteiger partial charge in [-0.25, -0.2) is 9.59 Å². The van der Waals surface area contributed by atoms with Crippen molar-refractivity contribution in [3.05, 3.63) is 60.7 Å². The Morgan fingerprint density at radius 3 is 1.76 bits per heavy atom. The van der Waals surface area contributed by atoms with Gasteiger partial charge >= 0.3 is 18.0 Å². The smallest absolute Gasteiger partial charge is 0.327 e. The first-order chi connectivity index (χ1) is 12.0. The molecular weight excluding hydrogens is 324 g/mol. The van der Waals surface area contributed by atoms with E-state index < -0.39 is 24.0 Å². The van der Waals surface area contributed by atoms with Gasteiger partial charge in [0.25, 0.3) is 0 Å². The summed E-state index contributed by atoms with van der Waals surface area (Å²) in [5.74, 6) is -2.40. The maximum absolute atomic E-state index is 12.7. The molecule has 0 aliphatic rings. The number of nitrogens with one attached hydrogen (secondary N) is 1. The Labute approximate surface area is 144 Å². The number of amides is 2. The molecule has 0 bridgehead atoms. The van der Waals surface area contributed by atoms with Gasteiger partial charge in [0.1, 0.15) is 6.04 Å². The molecule has 0 saturated carbocycles. The molecule has 130 valence electrons. The molecule has 7 nitrogen and oxygen atoms in total. The van der Waals surface area contributed by atoms with Gasteiger partial charge in [-0.15, -0.1) is 0 Å². The molecule has 3 N–H and O–H groups in total. The zero-order valence-electron chi connectivity index (χ0n) is 13.3. The van der Waals surface area contributed by atoms with E-state index in [2.05, 4.69) is 5.32 Å². The number of benzene rings is 2. The van der Waals surface area contributed by atoms with Crippen molar-refractivity contribution in [2.75, 3.05) is 4.90 Å². The zero-order valence-corrected chi connectivity index (χ0v) is 13.3. The minimum atomic E-state index is -1.29. The van der Waals surface area contributed by atoms with E-state index in [0.717, 1.165) is 0 Å². The van der Waals surface area contributed by atoms with E-state index >= 15 is 0 Å². The van der Waals surface area contributed by atoms with Gasteiger partial charge in [-0.05, 0) is 30.7 Å². The molecule has 2 aromatic carbocycles. The van der Waals surface area contributed by atoms with E-state index in [1.165, 1.54) is 4.90 Å². The summed E-state index contributed by atoms with van der Waals surface area (Å²) in [5, 5.41) is 20.4. The number of anilines is 2. The van der Waals surface area contributed by atoms with Gasteiger partial charge in [0.15, 0.2) is 0 Å². The summed E-state index contributed by atoms with van der Waals surface area (Å²) in [4.78, 5) is 36.0. The highest BCUT2D eigenvalue weighted by atomic mass is 16.4. The molecule has 0 aliphatic heterocycles. The fourth-order valence-electron chi connectivity index (χ4n) is 2.28. The summed E-state index contributed by atoms with van der Waals surface area (Å²) in [6, 6.07) is 15.6. The predicted octanol–water partition coefficient (Wildman–Crippen LogP) is 2.85. The summed E-state index contributed by atoms with van der Waals surface area (Å²) in [6.07, 6.45) is -0.554. The molecule has 7 heteroatoms. The Balaban J connectivity index is 2.26. The van der Waals surface area contributed by atoms with Crippen molar-refractivity contribution < 1.29 is 24.6 Å². The molecule has 0 fully saturated rings. The lowest BCUT2D eigenvalue weighted by Gasteiger charge is -2.25. The largest absolute Gasteiger partial charge is 0.481 e. The lowest BCUT2D eigenvalue weighted by Crippen LogP contribution is -2.46. The van der Waals surface area contributed by atoms with Gasteiger partial charge in [-0.1, -0.05) is 36.4 Å². The summed E-state index contributed by atoms with van der Waals surface area (Å²) in [7, 11) is 0. The normalized spacial score (nSPS) is 11.4. The minimum absolute atomic E-state index is 0.201. The van der Waals surface area contributed by atoms with Crippen molar-refractivity contribution in [2.45, 2.75) is 18.9 Å². The van der Waals surface area contributed by atoms with Crippen LogP contribution in [0, 0.1) is 0 Å². The Kier molecular flexibility index (Phi) is 6.11. The molecule has 0 spiro atoms. The molecule has 0 aliphatic carbocycles. The number of rotatable bonds is 7. The average molecular weight is 342 g/mol. The summed E-state index contributed by atoms with van der Waals surface area (Å²) < 4.78 is 0. The van der Waals surface area contributed by atoms with Crippen LogP contribution in [0.4, 0.5) is 16.2 Å². The van der Waals surface area contributed by atoms with Crippen LogP contribution in [-0.2, 0) is 9.59 Å². The van der Waals surface area contributed by atoms with Crippen LogP contribution in [0.15, 0.2) is 60.7 Å². The van der Waals surface area contributed by atoms with Crippen LogP contribution in [0.1, 0.15) is 12.8 Å². The number of carbonyl (C=O) groups excluding carboxylic acids is 1. The first-order valence-electron chi connectivity index (χ1n) is 7.64. The summed E-state index contributed by atoms with van der Waals surface area (Å²) in [5.41, 5.74) is 1.13. The second kappa shape index (κ2) is 8.49. The van der Waals surface area contributed by atoms with E-state index in [-0.39, 0.29) is 12.8 Å². The average Bonchev–Trinajstić information content (AvgIpc) is 2.60. The second-order valence-electron chi connectivity index (χ2n) is 5.28. The van der Waals surface area contributed by atoms with Crippen LogP contribution in [0.3, 0.4) is 0 Å². The van der Waals surface area contributed by atoms with Crippen molar-refractivity contribution in [2.24, 2.45) is 0 Å². The standard InChI is InChI=1S/C18H18N2O5/c21-16(22)12-11-15(17(23)24)19-18(25)20(13-7-3-1-4-8-13)14-9-5-2-6-10-14/h1-10,15H,11-12H2,(H,19,25)(H,21,22)(H,23,24). The van der Waals surface area contributed by atoms with E-state index in [9.17, 15) is 19.5 Å². The zero-order chi connectivity index (χ0) is 18.2. The predicted molar refractivity (Wildman–Crippen MR) is 91.8 cm³/mol. The SMILES string of the molecule is O=C(O)CCC(NC(=O)N(c1ccccc1)c1ccccc1)C(=O)O. The number of carbonyl (C=O) groups is 3. The Morgan fingerprint density at radius 1 is 0.880 bits per heavy atom. The number of hydrogen-bond donors (Lipinski definition) is 3. The van der Waals surface area contributed by atoms with Crippen molar-refractivity contribution in [1.29, 1.82) is 0 Å². The Morgan fingerprint density at radius 2 is 1.36 bits per heavy atom. The highest BCUT2D eigenvalue weighted by Crippen LogP contribution is 2.25. The minimum Gasteiger partial charge on any atom is -0.481 e. The molecule has 0 heterocycles. The summed E-state index contributed by atoms with van der Waals surface area (Å²) >= 11 is 0. The first-order valence-corrected chi connectivity index (χ1v) is 7.64. The molecule has 25 heavy (non-hydrogen) atoms. The molecule has 0 aromatic heterocycles. The van der Waals surface area contributed by atoms with Gasteiger partial charge < -0.3 is 15.5 Å². The third-order valence-corrected chi connectivity index (χ3v) is 3.47. The van der Waals surface area contributed by atoms with Crippen molar-refractivity contribution in [3.8, 4) is 0 Å². The third-order valence-electron chi connectivity index (χ3n) is 3.47. The number of nitrogens with zero attached hydrogens (tertiary/aromatic N) is 1. The monoisotopic (exact) mass is 342 g/mol. The van der Waals surface area contributed by atoms with Crippen molar-refractivity contribution in [1.82, 2.24) is 5.32 Å². The number of hydrogen-bond acceptors (Lipinski definition) is 3. The molecule has 0 radical (unpaired) electrons. The molecule has 2 amide bonds. The van der Waals surface area contributed by atoms with Crippen LogP contribution in [0.2, 0.25) is 0 Å². The molecule has 1 unspecified atom stereocenters. The Bertz CT molecular complexity index is 694. The highest BCUT2D eigenvalue weighted by molar-refractivity contribution is 6.00. The molecule has 2 aromatic rings. The number of para-hydroxylation sites is 2. The van der Waals surface area contributed by atoms with Crippen LogP contribution in [-0.4, -0.2) is 34.2 Å². The van der Waals surface area contributed by atoms with Gasteiger partial charge in [0.05, 0.1) is 11.4 Å². The van der Waals surface area contributed by atoms with Crippen LogP contribution < -0.4 is 10.2 Å². The maximum atomic E-state index is 12.7. The fraction of sp³-hybridized carbons (Fsp3) is 0.167. The van der Waals surface area contributed by atoms with E-state index in [1.54, 1.807) is 60.7 Å². The number of aliphatic carboxylic acids is 2. The number of carboxylic acids is 2. The lowest BCUT2D eigenvalue weighted by atomic mass is 10.1. The molecule has 1 atom stereocenters. The number of urea groups is 1. The van der Waals surface area contributed by atoms with Gasteiger partial charge in [0.2, 0.25) is 0 Å². The van der Waals surface area contributed by atoms with Crippen LogP contribution in [0.5, 0.6) is 0 Å². The molecule has 2 rings (SSSR count). The quantitative estimate of drug-likeness (QED) is 0.717. The molecular formula is C18H18N2O5. The van der Waals surface area contributed by atoms with Crippen molar-refractivity contribution in [3.63, 3.8) is 0 Å². The van der Waals surface area contributed by atoms with E-state index in [1.807, 2.05) is 0 Å². The number of carboxylic acid groups (broad SMARTS) is 2. The summed E-state index contributed by atoms with van der Waals surface area (Å²) in [6.45, 7) is 0. The second-order valence-corrected chi connectivity index (χ2v) is 5.28.